The van der Waals surface area contributed by atoms with E-state index in [0.29, 0.717) is 5.02 Å². The summed E-state index contributed by atoms with van der Waals surface area (Å²) in [6, 6.07) is 6.86. The van der Waals surface area contributed by atoms with Crippen LogP contribution in [0.25, 0.3) is 0 Å². The van der Waals surface area contributed by atoms with Gasteiger partial charge in [0, 0.05) is 42.9 Å². The summed E-state index contributed by atoms with van der Waals surface area (Å²) in [7, 11) is 0. The van der Waals surface area contributed by atoms with Gasteiger partial charge in [-0.15, -0.1) is 0 Å². The Balaban J connectivity index is 1.67. The second-order valence-electron chi connectivity index (χ2n) is 5.64. The Labute approximate surface area is 119 Å². The van der Waals surface area contributed by atoms with Gasteiger partial charge in [0.1, 0.15) is 0 Å². The number of hydrogen-bond acceptors (Lipinski definition) is 3. The van der Waals surface area contributed by atoms with E-state index in [1.165, 1.54) is 18.5 Å². The van der Waals surface area contributed by atoms with Gasteiger partial charge in [-0.25, -0.2) is 0 Å². The summed E-state index contributed by atoms with van der Waals surface area (Å²) in [5.74, 6) is 0. The fraction of sp³-hybridized carbons (Fsp3) is 0.600. The van der Waals surface area contributed by atoms with Crippen molar-refractivity contribution in [3.63, 3.8) is 0 Å². The van der Waals surface area contributed by atoms with Crippen molar-refractivity contribution in [1.82, 2.24) is 4.90 Å². The summed E-state index contributed by atoms with van der Waals surface area (Å²) >= 11 is 6.24. The molecule has 0 spiro atoms. The third-order valence-electron chi connectivity index (χ3n) is 4.18. The molecule has 19 heavy (non-hydrogen) atoms. The van der Waals surface area contributed by atoms with E-state index in [-0.39, 0.29) is 0 Å². The fourth-order valence-electron chi connectivity index (χ4n) is 2.84. The lowest BCUT2D eigenvalue weighted by molar-refractivity contribution is 0.199. The van der Waals surface area contributed by atoms with Gasteiger partial charge in [0.2, 0.25) is 0 Å². The first-order valence-electron chi connectivity index (χ1n) is 7.11. The van der Waals surface area contributed by atoms with Gasteiger partial charge >= 0.3 is 0 Å². The van der Waals surface area contributed by atoms with Crippen LogP contribution in [0.15, 0.2) is 18.2 Å². The molecule has 104 valence electrons. The molecule has 1 aromatic carbocycles. The summed E-state index contributed by atoms with van der Waals surface area (Å²) in [6.45, 7) is 6.19. The molecule has 1 unspecified atom stereocenters. The summed E-state index contributed by atoms with van der Waals surface area (Å²) in [6.07, 6.45) is 2.26. The number of aliphatic hydroxyl groups excluding tert-OH is 1. The molecule has 2 fully saturated rings. The molecule has 1 N–H and O–H groups in total. The zero-order valence-corrected chi connectivity index (χ0v) is 12.1. The van der Waals surface area contributed by atoms with Crippen LogP contribution in [0.1, 0.15) is 31.4 Å². The molecule has 0 radical (unpaired) electrons. The highest BCUT2D eigenvalue weighted by molar-refractivity contribution is 6.31. The molecule has 1 heterocycles. The van der Waals surface area contributed by atoms with Crippen LogP contribution in [-0.4, -0.2) is 42.2 Å². The Kier molecular flexibility index (Phi) is 3.70. The predicted molar refractivity (Wildman–Crippen MR) is 78.9 cm³/mol. The minimum absolute atomic E-state index is 0.506. The summed E-state index contributed by atoms with van der Waals surface area (Å²) in [5, 5.41) is 10.3. The first-order valence-corrected chi connectivity index (χ1v) is 7.49. The Morgan fingerprint density at radius 2 is 1.89 bits per heavy atom. The van der Waals surface area contributed by atoms with Gasteiger partial charge in [0.25, 0.3) is 0 Å². The second-order valence-corrected chi connectivity index (χ2v) is 6.04. The van der Waals surface area contributed by atoms with E-state index < -0.39 is 6.10 Å². The van der Waals surface area contributed by atoms with E-state index in [0.717, 1.165) is 37.8 Å². The summed E-state index contributed by atoms with van der Waals surface area (Å²) in [4.78, 5) is 4.98. The van der Waals surface area contributed by atoms with Crippen LogP contribution >= 0.6 is 11.6 Å². The van der Waals surface area contributed by atoms with Gasteiger partial charge in [-0.05, 0) is 37.5 Å². The molecule has 3 nitrogen and oxygen atoms in total. The van der Waals surface area contributed by atoms with Gasteiger partial charge in [-0.3, -0.25) is 4.90 Å². The van der Waals surface area contributed by atoms with Crippen LogP contribution in [0.2, 0.25) is 5.02 Å². The topological polar surface area (TPSA) is 26.7 Å². The number of rotatable bonds is 3. The van der Waals surface area contributed by atoms with Gasteiger partial charge in [0.05, 0.1) is 6.10 Å². The summed E-state index contributed by atoms with van der Waals surface area (Å²) in [5.41, 5.74) is 1.98. The van der Waals surface area contributed by atoms with E-state index >= 15 is 0 Å². The third kappa shape index (κ3) is 2.88. The molecule has 1 aliphatic carbocycles. The zero-order valence-electron chi connectivity index (χ0n) is 11.3. The SMILES string of the molecule is CC(O)c1ccc(N2CCN(C3CC3)CC2)cc1Cl. The number of aliphatic hydroxyl groups is 1. The average molecular weight is 281 g/mol. The number of piperazine rings is 1. The first kappa shape index (κ1) is 13.2. The van der Waals surface area contributed by atoms with Crippen LogP contribution in [0.3, 0.4) is 0 Å². The number of halogens is 1. The molecular formula is C15H21ClN2O. The standard InChI is InChI=1S/C15H21ClN2O/c1-11(19)14-5-4-13(10-15(14)16)18-8-6-17(7-9-18)12-2-3-12/h4-5,10-12,19H,2-3,6-9H2,1H3. The maximum absolute atomic E-state index is 9.60. The van der Waals surface area contributed by atoms with E-state index in [1.54, 1.807) is 6.92 Å². The molecule has 2 aliphatic rings. The van der Waals surface area contributed by atoms with Crippen molar-refractivity contribution in [2.45, 2.75) is 31.9 Å². The molecular weight excluding hydrogens is 260 g/mol. The van der Waals surface area contributed by atoms with Crippen molar-refractivity contribution in [1.29, 1.82) is 0 Å². The molecule has 1 aliphatic heterocycles. The van der Waals surface area contributed by atoms with Crippen molar-refractivity contribution < 1.29 is 5.11 Å². The van der Waals surface area contributed by atoms with Gasteiger partial charge in [0.15, 0.2) is 0 Å². The largest absolute Gasteiger partial charge is 0.389 e. The Bertz CT molecular complexity index is 451. The molecule has 1 saturated heterocycles. The van der Waals surface area contributed by atoms with Crippen molar-refractivity contribution in [2.24, 2.45) is 0 Å². The molecule has 4 heteroatoms. The van der Waals surface area contributed by atoms with Gasteiger partial charge in [-0.2, -0.15) is 0 Å². The Morgan fingerprint density at radius 1 is 1.21 bits per heavy atom. The number of benzene rings is 1. The van der Waals surface area contributed by atoms with Crippen molar-refractivity contribution in [3.05, 3.63) is 28.8 Å². The van der Waals surface area contributed by atoms with E-state index in [9.17, 15) is 5.11 Å². The quantitative estimate of drug-likeness (QED) is 0.922. The maximum Gasteiger partial charge on any atom is 0.0776 e. The molecule has 1 saturated carbocycles. The van der Waals surface area contributed by atoms with Crippen LogP contribution in [-0.2, 0) is 0 Å². The van der Waals surface area contributed by atoms with E-state index in [2.05, 4.69) is 15.9 Å². The molecule has 0 amide bonds. The van der Waals surface area contributed by atoms with Crippen molar-refractivity contribution >= 4 is 17.3 Å². The predicted octanol–water partition coefficient (Wildman–Crippen LogP) is 2.68. The molecule has 1 aromatic rings. The smallest absolute Gasteiger partial charge is 0.0776 e. The van der Waals surface area contributed by atoms with Crippen LogP contribution in [0.5, 0.6) is 0 Å². The molecule has 3 rings (SSSR count). The second kappa shape index (κ2) is 5.31. The van der Waals surface area contributed by atoms with E-state index in [4.69, 9.17) is 11.6 Å². The lowest BCUT2D eigenvalue weighted by Gasteiger charge is -2.36. The van der Waals surface area contributed by atoms with E-state index in [1.807, 2.05) is 12.1 Å². The fourth-order valence-corrected chi connectivity index (χ4v) is 3.17. The number of anilines is 1. The lowest BCUT2D eigenvalue weighted by Crippen LogP contribution is -2.47. The van der Waals surface area contributed by atoms with Gasteiger partial charge in [-0.1, -0.05) is 17.7 Å². The first-order chi connectivity index (χ1) is 9.15. The molecule has 0 aromatic heterocycles. The Hall–Kier alpha value is -0.770. The maximum atomic E-state index is 9.60. The lowest BCUT2D eigenvalue weighted by atomic mass is 10.1. The molecule has 0 bridgehead atoms. The number of hydrogen-bond donors (Lipinski definition) is 1. The van der Waals surface area contributed by atoms with Crippen molar-refractivity contribution in [3.8, 4) is 0 Å². The van der Waals surface area contributed by atoms with Crippen LogP contribution in [0, 0.1) is 0 Å². The Morgan fingerprint density at radius 3 is 2.42 bits per heavy atom. The molecule has 1 atom stereocenters. The zero-order chi connectivity index (χ0) is 13.4. The minimum atomic E-state index is -0.506. The highest BCUT2D eigenvalue weighted by Crippen LogP contribution is 2.31. The number of nitrogens with zero attached hydrogens (tertiary/aromatic N) is 2. The minimum Gasteiger partial charge on any atom is -0.389 e. The summed E-state index contributed by atoms with van der Waals surface area (Å²) < 4.78 is 0. The highest BCUT2D eigenvalue weighted by Gasteiger charge is 2.31. The third-order valence-corrected chi connectivity index (χ3v) is 4.50. The van der Waals surface area contributed by atoms with Crippen LogP contribution < -0.4 is 4.90 Å². The highest BCUT2D eigenvalue weighted by atomic mass is 35.5. The normalized spacial score (nSPS) is 22.6. The van der Waals surface area contributed by atoms with Gasteiger partial charge < -0.3 is 10.0 Å². The average Bonchev–Trinajstić information content (AvgIpc) is 3.22. The van der Waals surface area contributed by atoms with Crippen LogP contribution in [0.4, 0.5) is 5.69 Å². The van der Waals surface area contributed by atoms with Crippen molar-refractivity contribution in [2.75, 3.05) is 31.1 Å². The monoisotopic (exact) mass is 280 g/mol.